The Labute approximate surface area is 197 Å². The predicted molar refractivity (Wildman–Crippen MR) is 116 cm³/mol. The lowest BCUT2D eigenvalue weighted by molar-refractivity contribution is -0.275. The Morgan fingerprint density at radius 2 is 1.42 bits per heavy atom. The highest BCUT2D eigenvalue weighted by atomic mass is 127. The van der Waals surface area contributed by atoms with Crippen LogP contribution < -0.4 is 9.47 Å². The molecule has 0 aliphatic carbocycles. The van der Waals surface area contributed by atoms with Crippen LogP contribution >= 0.6 is 45.2 Å². The lowest BCUT2D eigenvalue weighted by Crippen LogP contribution is -2.17. The van der Waals surface area contributed by atoms with Gasteiger partial charge < -0.3 is 9.47 Å². The van der Waals surface area contributed by atoms with Gasteiger partial charge in [0.05, 0.1) is 11.0 Å². The standard InChI is InChI=1S/C9H6F3IN2O.C8H4F3IN2O/c1-15-7-3-2-5(16-9(10,11)12)4-6(7)8(13)14-15;9-8(10,11)15-4-1-2-6-5(3-4)7(12)14-13-6/h2-4H,1H3;1-3H,(H,13,14). The predicted octanol–water partition coefficient (Wildman–Crippen LogP) is 6.14. The van der Waals surface area contributed by atoms with E-state index in [2.05, 4.69) is 24.8 Å². The van der Waals surface area contributed by atoms with E-state index in [-0.39, 0.29) is 11.5 Å². The molecular weight excluding hydrogens is 660 g/mol. The number of rotatable bonds is 2. The monoisotopic (exact) mass is 670 g/mol. The van der Waals surface area contributed by atoms with E-state index in [1.54, 1.807) is 17.8 Å². The Balaban J connectivity index is 0.000000176. The van der Waals surface area contributed by atoms with Gasteiger partial charge in [0.25, 0.3) is 0 Å². The maximum atomic E-state index is 12.0. The zero-order chi connectivity index (χ0) is 23.0. The second kappa shape index (κ2) is 8.87. The lowest BCUT2D eigenvalue weighted by atomic mass is 10.2. The summed E-state index contributed by atoms with van der Waals surface area (Å²) in [5.41, 5.74) is 1.37. The molecule has 0 spiro atoms. The molecule has 2 heterocycles. The minimum absolute atomic E-state index is 0.231. The Morgan fingerprint density at radius 1 is 0.871 bits per heavy atom. The highest BCUT2D eigenvalue weighted by Crippen LogP contribution is 2.29. The van der Waals surface area contributed by atoms with Gasteiger partial charge in [-0.3, -0.25) is 9.78 Å². The summed E-state index contributed by atoms with van der Waals surface area (Å²) in [4.78, 5) is 0. The number of nitrogens with one attached hydrogen (secondary N) is 1. The van der Waals surface area contributed by atoms with E-state index in [4.69, 9.17) is 0 Å². The van der Waals surface area contributed by atoms with Gasteiger partial charge in [0.15, 0.2) is 0 Å². The van der Waals surface area contributed by atoms with Gasteiger partial charge in [-0.2, -0.15) is 10.2 Å². The minimum atomic E-state index is -4.67. The molecule has 0 radical (unpaired) electrons. The zero-order valence-corrected chi connectivity index (χ0v) is 19.5. The lowest BCUT2D eigenvalue weighted by Gasteiger charge is -2.08. The van der Waals surface area contributed by atoms with Crippen LogP contribution in [0.1, 0.15) is 0 Å². The summed E-state index contributed by atoms with van der Waals surface area (Å²) in [5, 5.41) is 11.9. The third kappa shape index (κ3) is 6.27. The molecule has 0 bridgehead atoms. The van der Waals surface area contributed by atoms with Crippen LogP contribution in [0.3, 0.4) is 0 Å². The summed E-state index contributed by atoms with van der Waals surface area (Å²) in [6.45, 7) is 0. The number of fused-ring (bicyclic) bond motifs is 2. The van der Waals surface area contributed by atoms with Gasteiger partial charge in [0, 0.05) is 17.8 Å². The molecule has 2 aromatic heterocycles. The largest absolute Gasteiger partial charge is 0.573 e. The van der Waals surface area contributed by atoms with Crippen molar-refractivity contribution in [1.82, 2.24) is 20.0 Å². The Kier molecular flexibility index (Phi) is 6.78. The number of benzene rings is 2. The van der Waals surface area contributed by atoms with Gasteiger partial charge in [0.1, 0.15) is 18.9 Å². The third-order valence-corrected chi connectivity index (χ3v) is 5.34. The van der Waals surface area contributed by atoms with Crippen LogP contribution in [0.15, 0.2) is 36.4 Å². The molecule has 0 atom stereocenters. The Bertz CT molecular complexity index is 1220. The average Bonchev–Trinajstić information content (AvgIpc) is 3.13. The zero-order valence-electron chi connectivity index (χ0n) is 15.1. The summed E-state index contributed by atoms with van der Waals surface area (Å²) in [6, 6.07) is 8.15. The number of H-pyrrole nitrogens is 1. The number of aryl methyl sites for hydroxylation is 1. The van der Waals surface area contributed by atoms with E-state index in [1.807, 2.05) is 45.2 Å². The molecule has 4 aromatic rings. The average molecular weight is 670 g/mol. The van der Waals surface area contributed by atoms with Gasteiger partial charge >= 0.3 is 12.7 Å². The van der Waals surface area contributed by atoms with E-state index < -0.39 is 12.7 Å². The van der Waals surface area contributed by atoms with Crippen molar-refractivity contribution in [2.24, 2.45) is 7.05 Å². The van der Waals surface area contributed by atoms with Crippen molar-refractivity contribution in [3.63, 3.8) is 0 Å². The van der Waals surface area contributed by atoms with Crippen molar-refractivity contribution in [2.45, 2.75) is 12.7 Å². The Morgan fingerprint density at radius 3 is 2.00 bits per heavy atom. The van der Waals surface area contributed by atoms with Crippen LogP contribution in [-0.4, -0.2) is 32.7 Å². The molecule has 0 saturated heterocycles. The van der Waals surface area contributed by atoms with Crippen LogP contribution in [0.5, 0.6) is 11.5 Å². The third-order valence-electron chi connectivity index (χ3n) is 3.72. The van der Waals surface area contributed by atoms with Gasteiger partial charge in [-0.05, 0) is 81.6 Å². The van der Waals surface area contributed by atoms with E-state index in [0.29, 0.717) is 23.7 Å². The summed E-state index contributed by atoms with van der Waals surface area (Å²) in [5.74, 6) is -0.472. The van der Waals surface area contributed by atoms with Crippen LogP contribution in [0.4, 0.5) is 26.3 Å². The molecule has 4 rings (SSSR count). The first-order valence-electron chi connectivity index (χ1n) is 8.10. The second-order valence-electron chi connectivity index (χ2n) is 5.91. The van der Waals surface area contributed by atoms with Crippen LogP contribution in [0.25, 0.3) is 21.8 Å². The number of aromatic amines is 1. The molecule has 6 nitrogen and oxygen atoms in total. The summed E-state index contributed by atoms with van der Waals surface area (Å²) < 4.78 is 82.3. The molecule has 0 unspecified atom stereocenters. The number of halogens is 8. The van der Waals surface area contributed by atoms with E-state index in [1.165, 1.54) is 30.3 Å². The van der Waals surface area contributed by atoms with Gasteiger partial charge in [-0.1, -0.05) is 0 Å². The van der Waals surface area contributed by atoms with Gasteiger partial charge in [-0.15, -0.1) is 26.3 Å². The number of hydrogen-bond donors (Lipinski definition) is 1. The van der Waals surface area contributed by atoms with Gasteiger partial charge in [0.2, 0.25) is 0 Å². The first-order valence-corrected chi connectivity index (χ1v) is 10.3. The fraction of sp³-hybridized carbons (Fsp3) is 0.176. The topological polar surface area (TPSA) is 65.0 Å². The minimum Gasteiger partial charge on any atom is -0.406 e. The van der Waals surface area contributed by atoms with E-state index in [0.717, 1.165) is 5.52 Å². The van der Waals surface area contributed by atoms with Crippen molar-refractivity contribution in [3.05, 3.63) is 43.8 Å². The maximum Gasteiger partial charge on any atom is 0.573 e. The molecule has 166 valence electrons. The molecule has 0 aliphatic heterocycles. The van der Waals surface area contributed by atoms with E-state index >= 15 is 0 Å². The molecule has 31 heavy (non-hydrogen) atoms. The van der Waals surface area contributed by atoms with Crippen molar-refractivity contribution < 1.29 is 35.8 Å². The SMILES string of the molecule is Cn1nc(I)c2cc(OC(F)(F)F)ccc21.FC(F)(F)Oc1ccc2n[nH]c(I)c2c1. The quantitative estimate of drug-likeness (QED) is 0.206. The Hall–Kier alpha value is -1.98. The molecular formula is C17H10F6I2N4O2. The molecule has 0 saturated carbocycles. The van der Waals surface area contributed by atoms with Gasteiger partial charge in [-0.25, -0.2) is 0 Å². The van der Waals surface area contributed by atoms with Crippen LogP contribution in [-0.2, 0) is 7.05 Å². The van der Waals surface area contributed by atoms with Crippen LogP contribution in [0, 0.1) is 7.40 Å². The summed E-state index contributed by atoms with van der Waals surface area (Å²) >= 11 is 3.92. The van der Waals surface area contributed by atoms with Crippen molar-refractivity contribution in [2.75, 3.05) is 0 Å². The number of aromatic nitrogens is 4. The van der Waals surface area contributed by atoms with Crippen molar-refractivity contribution in [1.29, 1.82) is 0 Å². The fourth-order valence-corrected chi connectivity index (χ4v) is 3.86. The molecule has 14 heteroatoms. The first kappa shape index (κ1) is 23.7. The van der Waals surface area contributed by atoms with Crippen LogP contribution in [0.2, 0.25) is 0 Å². The number of hydrogen-bond acceptors (Lipinski definition) is 4. The summed E-state index contributed by atoms with van der Waals surface area (Å²) in [6.07, 6.45) is -9.33. The number of nitrogens with zero attached hydrogens (tertiary/aromatic N) is 3. The summed E-state index contributed by atoms with van der Waals surface area (Å²) in [7, 11) is 1.73. The smallest absolute Gasteiger partial charge is 0.406 e. The molecule has 0 fully saturated rings. The van der Waals surface area contributed by atoms with Crippen molar-refractivity contribution in [3.8, 4) is 11.5 Å². The molecule has 1 N–H and O–H groups in total. The first-order chi connectivity index (χ1) is 14.3. The molecule has 0 amide bonds. The second-order valence-corrected chi connectivity index (χ2v) is 8.01. The number of ether oxygens (including phenoxy) is 2. The molecule has 0 aliphatic rings. The molecule has 2 aromatic carbocycles. The maximum absolute atomic E-state index is 12.0. The normalized spacial score (nSPS) is 12.0. The fourth-order valence-electron chi connectivity index (χ4n) is 2.55. The van der Waals surface area contributed by atoms with E-state index in [9.17, 15) is 26.3 Å². The highest BCUT2D eigenvalue weighted by molar-refractivity contribution is 14.1. The highest BCUT2D eigenvalue weighted by Gasteiger charge is 2.32. The number of alkyl halides is 6. The van der Waals surface area contributed by atoms with Crippen molar-refractivity contribution >= 4 is 67.0 Å².